The molecule has 0 aliphatic carbocycles. The van der Waals surface area contributed by atoms with Gasteiger partial charge in [0.15, 0.2) is 0 Å². The molecule has 16 heavy (non-hydrogen) atoms. The fraction of sp³-hybridized carbons (Fsp3) is 0.333. The predicted octanol–water partition coefficient (Wildman–Crippen LogP) is 2.01. The van der Waals surface area contributed by atoms with Crippen molar-refractivity contribution < 1.29 is 9.18 Å². The van der Waals surface area contributed by atoms with Crippen LogP contribution in [0.25, 0.3) is 0 Å². The van der Waals surface area contributed by atoms with Crippen LogP contribution in [0, 0.1) is 5.95 Å². The van der Waals surface area contributed by atoms with Crippen molar-refractivity contribution in [2.75, 3.05) is 13.1 Å². The van der Waals surface area contributed by atoms with E-state index < -0.39 is 5.95 Å². The van der Waals surface area contributed by atoms with Crippen molar-refractivity contribution in [1.82, 2.24) is 9.88 Å². The van der Waals surface area contributed by atoms with Crippen LogP contribution in [0.15, 0.2) is 29.8 Å². The van der Waals surface area contributed by atoms with Crippen LogP contribution in [-0.4, -0.2) is 28.9 Å². The number of nitrogens with zero attached hydrogens (tertiary/aromatic N) is 2. The molecule has 1 aromatic heterocycles. The van der Waals surface area contributed by atoms with Gasteiger partial charge >= 0.3 is 0 Å². The van der Waals surface area contributed by atoms with Crippen molar-refractivity contribution in [2.24, 2.45) is 0 Å². The van der Waals surface area contributed by atoms with Crippen molar-refractivity contribution in [3.8, 4) is 0 Å². The molecule has 0 saturated heterocycles. The number of amides is 1. The minimum Gasteiger partial charge on any atom is -0.333 e. The Morgan fingerprint density at radius 3 is 3.00 bits per heavy atom. The van der Waals surface area contributed by atoms with E-state index in [2.05, 4.69) is 11.1 Å². The number of carbonyl (C=O) groups excluding carboxylic acids is 1. The van der Waals surface area contributed by atoms with Gasteiger partial charge in [-0.3, -0.25) is 4.79 Å². The van der Waals surface area contributed by atoms with E-state index in [0.29, 0.717) is 13.1 Å². The first-order chi connectivity index (χ1) is 7.66. The molecule has 0 aromatic carbocycles. The van der Waals surface area contributed by atoms with Gasteiger partial charge in [0.25, 0.3) is 5.91 Å². The summed E-state index contributed by atoms with van der Waals surface area (Å²) in [6.45, 7) is 3.27. The van der Waals surface area contributed by atoms with Crippen LogP contribution in [-0.2, 0) is 0 Å². The second-order valence-corrected chi connectivity index (χ2v) is 3.91. The first kappa shape index (κ1) is 10.8. The van der Waals surface area contributed by atoms with E-state index >= 15 is 0 Å². The number of aromatic nitrogens is 1. The molecule has 0 unspecified atom stereocenters. The van der Waals surface area contributed by atoms with Gasteiger partial charge in [0.1, 0.15) is 5.69 Å². The van der Waals surface area contributed by atoms with E-state index in [0.717, 1.165) is 12.0 Å². The molecular weight excluding hydrogens is 207 g/mol. The molecule has 1 aliphatic rings. The van der Waals surface area contributed by atoms with Crippen LogP contribution >= 0.6 is 0 Å². The Hall–Kier alpha value is -1.71. The largest absolute Gasteiger partial charge is 0.333 e. The van der Waals surface area contributed by atoms with Crippen molar-refractivity contribution in [3.63, 3.8) is 0 Å². The zero-order valence-electron chi connectivity index (χ0n) is 9.11. The number of hydrogen-bond acceptors (Lipinski definition) is 2. The van der Waals surface area contributed by atoms with Gasteiger partial charge in [-0.2, -0.15) is 4.39 Å². The number of rotatable bonds is 1. The number of halogens is 1. The summed E-state index contributed by atoms with van der Waals surface area (Å²) in [6, 6.07) is 4.28. The summed E-state index contributed by atoms with van der Waals surface area (Å²) in [4.78, 5) is 17.3. The van der Waals surface area contributed by atoms with Gasteiger partial charge in [-0.25, -0.2) is 4.98 Å². The van der Waals surface area contributed by atoms with Crippen LogP contribution in [0.1, 0.15) is 23.8 Å². The highest BCUT2D eigenvalue weighted by atomic mass is 19.1. The topological polar surface area (TPSA) is 33.2 Å². The van der Waals surface area contributed by atoms with Crippen LogP contribution < -0.4 is 0 Å². The van der Waals surface area contributed by atoms with Crippen molar-refractivity contribution in [3.05, 3.63) is 41.5 Å². The minimum absolute atomic E-state index is 0.176. The lowest BCUT2D eigenvalue weighted by Gasteiger charge is -2.25. The molecule has 3 nitrogen and oxygen atoms in total. The number of carbonyl (C=O) groups is 1. The summed E-state index contributed by atoms with van der Waals surface area (Å²) < 4.78 is 12.9. The van der Waals surface area contributed by atoms with E-state index in [9.17, 15) is 9.18 Å². The highest BCUT2D eigenvalue weighted by Gasteiger charge is 2.19. The summed E-state index contributed by atoms with van der Waals surface area (Å²) in [6.07, 6.45) is 2.97. The molecule has 0 radical (unpaired) electrons. The van der Waals surface area contributed by atoms with Gasteiger partial charge in [-0.1, -0.05) is 17.7 Å². The molecule has 0 fully saturated rings. The maximum absolute atomic E-state index is 12.9. The van der Waals surface area contributed by atoms with Gasteiger partial charge < -0.3 is 4.90 Å². The second-order valence-electron chi connectivity index (χ2n) is 3.91. The zero-order chi connectivity index (χ0) is 11.5. The lowest BCUT2D eigenvalue weighted by Crippen LogP contribution is -2.35. The van der Waals surface area contributed by atoms with Crippen LogP contribution in [0.3, 0.4) is 0 Å². The van der Waals surface area contributed by atoms with E-state index in [1.807, 2.05) is 6.92 Å². The molecule has 2 rings (SSSR count). The molecule has 2 heterocycles. The van der Waals surface area contributed by atoms with Crippen LogP contribution in [0.4, 0.5) is 4.39 Å². The van der Waals surface area contributed by atoms with Crippen LogP contribution in [0.5, 0.6) is 0 Å². The monoisotopic (exact) mass is 220 g/mol. The normalized spacial score (nSPS) is 15.9. The molecule has 1 aromatic rings. The molecule has 4 heteroatoms. The molecular formula is C12H13FN2O. The van der Waals surface area contributed by atoms with Crippen molar-refractivity contribution in [2.45, 2.75) is 13.3 Å². The maximum atomic E-state index is 12.9. The van der Waals surface area contributed by atoms with Crippen molar-refractivity contribution in [1.29, 1.82) is 0 Å². The molecule has 1 aliphatic heterocycles. The Kier molecular flexibility index (Phi) is 2.99. The summed E-state index contributed by atoms with van der Waals surface area (Å²) in [7, 11) is 0. The Labute approximate surface area is 93.6 Å². The number of pyridine rings is 1. The fourth-order valence-corrected chi connectivity index (χ4v) is 1.77. The standard InChI is InChI=1S/C12H13FN2O/c1-9-4-3-7-15(8-9)12(16)10-5-2-6-11(13)14-10/h2,4-6H,3,7-8H2,1H3. The van der Waals surface area contributed by atoms with E-state index in [-0.39, 0.29) is 11.6 Å². The second kappa shape index (κ2) is 4.43. The maximum Gasteiger partial charge on any atom is 0.272 e. The zero-order valence-corrected chi connectivity index (χ0v) is 9.11. The Bertz CT molecular complexity index is 442. The summed E-state index contributed by atoms with van der Waals surface area (Å²) in [5.41, 5.74) is 1.34. The summed E-state index contributed by atoms with van der Waals surface area (Å²) >= 11 is 0. The van der Waals surface area contributed by atoms with Gasteiger partial charge in [0.2, 0.25) is 5.95 Å². The molecule has 0 atom stereocenters. The average molecular weight is 220 g/mol. The average Bonchev–Trinajstić information content (AvgIpc) is 2.28. The molecule has 0 spiro atoms. The first-order valence-corrected chi connectivity index (χ1v) is 5.24. The molecule has 0 saturated carbocycles. The minimum atomic E-state index is -0.616. The molecule has 84 valence electrons. The third kappa shape index (κ3) is 2.27. The molecule has 0 bridgehead atoms. The highest BCUT2D eigenvalue weighted by Crippen LogP contribution is 2.12. The van der Waals surface area contributed by atoms with E-state index in [4.69, 9.17) is 0 Å². The lowest BCUT2D eigenvalue weighted by atomic mass is 10.1. The van der Waals surface area contributed by atoms with Gasteiger partial charge in [0.05, 0.1) is 0 Å². The van der Waals surface area contributed by atoms with Gasteiger partial charge in [-0.15, -0.1) is 0 Å². The van der Waals surface area contributed by atoms with Crippen LogP contribution in [0.2, 0.25) is 0 Å². The number of hydrogen-bond donors (Lipinski definition) is 0. The van der Waals surface area contributed by atoms with E-state index in [1.54, 1.807) is 11.0 Å². The Morgan fingerprint density at radius 1 is 1.50 bits per heavy atom. The first-order valence-electron chi connectivity index (χ1n) is 5.24. The third-order valence-electron chi connectivity index (χ3n) is 2.55. The Balaban J connectivity index is 2.16. The highest BCUT2D eigenvalue weighted by molar-refractivity contribution is 5.92. The molecule has 1 amide bonds. The quantitative estimate of drug-likeness (QED) is 0.536. The predicted molar refractivity (Wildman–Crippen MR) is 58.5 cm³/mol. The Morgan fingerprint density at radius 2 is 2.31 bits per heavy atom. The summed E-state index contributed by atoms with van der Waals surface area (Å²) in [5, 5.41) is 0. The van der Waals surface area contributed by atoms with Gasteiger partial charge in [0, 0.05) is 13.1 Å². The smallest absolute Gasteiger partial charge is 0.272 e. The fourth-order valence-electron chi connectivity index (χ4n) is 1.77. The summed E-state index contributed by atoms with van der Waals surface area (Å²) in [5.74, 6) is -0.818. The SMILES string of the molecule is CC1=CCCN(C(=O)c2cccc(F)n2)C1. The third-order valence-corrected chi connectivity index (χ3v) is 2.55. The van der Waals surface area contributed by atoms with Gasteiger partial charge in [-0.05, 0) is 25.5 Å². The lowest BCUT2D eigenvalue weighted by molar-refractivity contribution is 0.0759. The van der Waals surface area contributed by atoms with E-state index in [1.165, 1.54) is 12.1 Å². The van der Waals surface area contributed by atoms with Crippen molar-refractivity contribution >= 4 is 5.91 Å². The molecule has 0 N–H and O–H groups in total.